The second kappa shape index (κ2) is 10.2. The SMILES string of the molecule is Cc1nc2ccc(N3C(=Cc4ccccc4Cl)C(=O)N=C3c3ccccc3)cc2c(=O)n1-c1ccc(F)c(Cl)c1. The zero-order valence-corrected chi connectivity index (χ0v) is 22.5. The van der Waals surface area contributed by atoms with Crippen LogP contribution in [0.2, 0.25) is 10.0 Å². The number of aryl methyl sites for hydroxylation is 1. The van der Waals surface area contributed by atoms with E-state index in [2.05, 4.69) is 9.98 Å². The van der Waals surface area contributed by atoms with Crippen LogP contribution in [0.4, 0.5) is 10.1 Å². The molecule has 1 amide bonds. The summed E-state index contributed by atoms with van der Waals surface area (Å²) in [5, 5.41) is 0.675. The Bertz CT molecular complexity index is 1950. The third-order valence-corrected chi connectivity index (χ3v) is 7.18. The van der Waals surface area contributed by atoms with Gasteiger partial charge in [-0.15, -0.1) is 0 Å². The van der Waals surface area contributed by atoms with Gasteiger partial charge in [-0.1, -0.05) is 71.7 Å². The van der Waals surface area contributed by atoms with Crippen LogP contribution in [0.25, 0.3) is 22.7 Å². The summed E-state index contributed by atoms with van der Waals surface area (Å²) in [4.78, 5) is 37.7. The first-order valence-corrected chi connectivity index (χ1v) is 13.0. The van der Waals surface area contributed by atoms with E-state index in [1.807, 2.05) is 42.5 Å². The minimum atomic E-state index is -0.587. The number of carbonyl (C=O) groups is 1. The average Bonchev–Trinajstić information content (AvgIpc) is 3.28. The number of benzene rings is 4. The summed E-state index contributed by atoms with van der Waals surface area (Å²) in [6, 6.07) is 25.7. The zero-order valence-electron chi connectivity index (χ0n) is 21.0. The Labute approximate surface area is 238 Å². The van der Waals surface area contributed by atoms with Crippen molar-refractivity contribution in [2.24, 2.45) is 4.99 Å². The molecule has 0 saturated carbocycles. The molecular formula is C31H19Cl2FN4O2. The predicted molar refractivity (Wildman–Crippen MR) is 157 cm³/mol. The van der Waals surface area contributed by atoms with Gasteiger partial charge in [0.1, 0.15) is 23.2 Å². The van der Waals surface area contributed by atoms with Gasteiger partial charge < -0.3 is 0 Å². The van der Waals surface area contributed by atoms with Crippen LogP contribution in [0.1, 0.15) is 17.0 Å². The largest absolute Gasteiger partial charge is 0.296 e. The number of carbonyl (C=O) groups excluding carboxylic acids is 1. The van der Waals surface area contributed by atoms with Gasteiger partial charge in [-0.05, 0) is 61.0 Å². The van der Waals surface area contributed by atoms with E-state index in [9.17, 15) is 14.0 Å². The number of aliphatic imine (C=N–C) groups is 1. The van der Waals surface area contributed by atoms with Crippen LogP contribution in [0.15, 0.2) is 106 Å². The van der Waals surface area contributed by atoms with Gasteiger partial charge in [0, 0.05) is 16.3 Å². The third kappa shape index (κ3) is 4.49. The molecule has 1 aliphatic heterocycles. The molecule has 1 aliphatic rings. The van der Waals surface area contributed by atoms with Crippen LogP contribution in [0.3, 0.4) is 0 Å². The van der Waals surface area contributed by atoms with Crippen molar-refractivity contribution in [3.63, 3.8) is 0 Å². The minimum absolute atomic E-state index is 0.105. The standard InChI is InChI=1S/C31H19Cl2FN4O2/c1-18-35-27-14-12-21(16-23(27)31(40)37(18)22-11-13-26(34)25(33)17-22)38-28(15-20-9-5-6-10-24(20)32)30(39)36-29(38)19-7-3-2-4-8-19/h2-17H,1H3. The van der Waals surface area contributed by atoms with E-state index in [-0.39, 0.29) is 16.3 Å². The summed E-state index contributed by atoms with van der Waals surface area (Å²) in [7, 11) is 0. The molecule has 1 aromatic heterocycles. The van der Waals surface area contributed by atoms with E-state index in [1.165, 1.54) is 22.8 Å². The summed E-state index contributed by atoms with van der Waals surface area (Å²) in [6.07, 6.45) is 1.68. The molecule has 196 valence electrons. The third-order valence-electron chi connectivity index (χ3n) is 6.55. The molecule has 0 unspecified atom stereocenters. The molecule has 0 N–H and O–H groups in total. The van der Waals surface area contributed by atoms with Gasteiger partial charge in [-0.2, -0.15) is 4.99 Å². The quantitative estimate of drug-likeness (QED) is 0.219. The van der Waals surface area contributed by atoms with Gasteiger partial charge in [0.25, 0.3) is 11.5 Å². The molecule has 0 fully saturated rings. The Balaban J connectivity index is 1.56. The molecule has 0 spiro atoms. The van der Waals surface area contributed by atoms with E-state index in [1.54, 1.807) is 48.2 Å². The maximum absolute atomic E-state index is 13.8. The lowest BCUT2D eigenvalue weighted by molar-refractivity contribution is -0.113. The van der Waals surface area contributed by atoms with Crippen LogP contribution >= 0.6 is 23.2 Å². The molecule has 4 aromatic carbocycles. The lowest BCUT2D eigenvalue weighted by Gasteiger charge is -2.22. The van der Waals surface area contributed by atoms with Crippen molar-refractivity contribution in [1.82, 2.24) is 9.55 Å². The monoisotopic (exact) mass is 568 g/mol. The summed E-state index contributed by atoms with van der Waals surface area (Å²) >= 11 is 12.4. The first kappa shape index (κ1) is 25.7. The maximum atomic E-state index is 13.8. The van der Waals surface area contributed by atoms with Crippen molar-refractivity contribution in [3.8, 4) is 5.69 Å². The van der Waals surface area contributed by atoms with Gasteiger partial charge in [0.2, 0.25) is 0 Å². The number of rotatable bonds is 4. The summed E-state index contributed by atoms with van der Waals surface area (Å²) in [5.74, 6) is -0.209. The van der Waals surface area contributed by atoms with Gasteiger partial charge in [0.05, 0.1) is 21.6 Å². The molecule has 40 heavy (non-hydrogen) atoms. The molecule has 6 nitrogen and oxygen atoms in total. The second-order valence-electron chi connectivity index (χ2n) is 9.09. The molecule has 2 heterocycles. The van der Waals surface area contributed by atoms with Gasteiger partial charge in [0.15, 0.2) is 0 Å². The molecule has 9 heteroatoms. The first-order valence-electron chi connectivity index (χ1n) is 12.3. The molecule has 0 saturated heterocycles. The number of amides is 1. The van der Waals surface area contributed by atoms with E-state index < -0.39 is 11.7 Å². The molecule has 0 atom stereocenters. The van der Waals surface area contributed by atoms with Gasteiger partial charge in [-0.3, -0.25) is 19.1 Å². The molecule has 5 aromatic rings. The lowest BCUT2D eigenvalue weighted by Crippen LogP contribution is -2.28. The number of hydrogen-bond donors (Lipinski definition) is 0. The van der Waals surface area contributed by atoms with Crippen LogP contribution in [0.5, 0.6) is 0 Å². The number of halogens is 3. The topological polar surface area (TPSA) is 67.6 Å². The van der Waals surface area contributed by atoms with Crippen molar-refractivity contribution in [1.29, 1.82) is 0 Å². The predicted octanol–water partition coefficient (Wildman–Crippen LogP) is 6.97. The van der Waals surface area contributed by atoms with E-state index in [4.69, 9.17) is 23.2 Å². The highest BCUT2D eigenvalue weighted by molar-refractivity contribution is 6.33. The molecule has 6 rings (SSSR count). The van der Waals surface area contributed by atoms with Gasteiger partial charge >= 0.3 is 0 Å². The molecule has 0 bridgehead atoms. The fourth-order valence-electron chi connectivity index (χ4n) is 4.67. The number of amidine groups is 1. The smallest absolute Gasteiger partial charge is 0.289 e. The highest BCUT2D eigenvalue weighted by Crippen LogP contribution is 2.32. The molecule has 0 aliphatic carbocycles. The van der Waals surface area contributed by atoms with Crippen molar-refractivity contribution in [2.45, 2.75) is 6.92 Å². The molecule has 0 radical (unpaired) electrons. The van der Waals surface area contributed by atoms with Crippen molar-refractivity contribution in [3.05, 3.63) is 140 Å². The number of hydrogen-bond acceptors (Lipinski definition) is 4. The average molecular weight is 569 g/mol. The van der Waals surface area contributed by atoms with Crippen LogP contribution in [0, 0.1) is 12.7 Å². The molecular weight excluding hydrogens is 550 g/mol. The maximum Gasteiger partial charge on any atom is 0.296 e. The lowest BCUT2D eigenvalue weighted by atomic mass is 10.1. The van der Waals surface area contributed by atoms with E-state index >= 15 is 0 Å². The van der Waals surface area contributed by atoms with Crippen LogP contribution in [-0.2, 0) is 4.79 Å². The number of anilines is 1. The Morgan fingerprint density at radius 2 is 1.55 bits per heavy atom. The normalized spacial score (nSPS) is 14.3. The highest BCUT2D eigenvalue weighted by Gasteiger charge is 2.32. The van der Waals surface area contributed by atoms with Crippen molar-refractivity contribution >= 4 is 57.6 Å². The van der Waals surface area contributed by atoms with Crippen LogP contribution < -0.4 is 10.5 Å². The van der Waals surface area contributed by atoms with E-state index in [0.717, 1.165) is 5.56 Å². The van der Waals surface area contributed by atoms with Gasteiger partial charge in [-0.25, -0.2) is 9.37 Å². The fraction of sp³-hybridized carbons (Fsp3) is 0.0323. The Hall–Kier alpha value is -4.59. The number of aromatic nitrogens is 2. The second-order valence-corrected chi connectivity index (χ2v) is 9.91. The first-order chi connectivity index (χ1) is 19.3. The van der Waals surface area contributed by atoms with Crippen LogP contribution in [-0.4, -0.2) is 21.3 Å². The number of fused-ring (bicyclic) bond motifs is 1. The van der Waals surface area contributed by atoms with Crippen molar-refractivity contribution < 1.29 is 9.18 Å². The van der Waals surface area contributed by atoms with Crippen molar-refractivity contribution in [2.75, 3.05) is 4.90 Å². The Morgan fingerprint density at radius 3 is 2.30 bits per heavy atom. The highest BCUT2D eigenvalue weighted by atomic mass is 35.5. The zero-order chi connectivity index (χ0) is 28.0. The number of nitrogens with zero attached hydrogens (tertiary/aromatic N) is 4. The summed E-state index contributed by atoms with van der Waals surface area (Å²) in [5.41, 5.74) is 2.66. The minimum Gasteiger partial charge on any atom is -0.289 e. The Kier molecular flexibility index (Phi) is 6.54. The van der Waals surface area contributed by atoms with E-state index in [0.29, 0.717) is 44.5 Å². The summed E-state index contributed by atoms with van der Waals surface area (Å²) < 4.78 is 15.2. The Morgan fingerprint density at radius 1 is 0.825 bits per heavy atom. The fourth-order valence-corrected chi connectivity index (χ4v) is 5.04. The summed E-state index contributed by atoms with van der Waals surface area (Å²) in [6.45, 7) is 1.69.